The molecule has 4 nitrogen and oxygen atoms in total. The van der Waals surface area contributed by atoms with Gasteiger partial charge < -0.3 is 10.1 Å². The van der Waals surface area contributed by atoms with Crippen molar-refractivity contribution < 1.29 is 22.7 Å². The Kier molecular flexibility index (Phi) is 5.12. The number of rotatable bonds is 4. The Morgan fingerprint density at radius 3 is 2.52 bits per heavy atom. The number of anilines is 1. The number of nitrogens with one attached hydrogen (secondary N) is 1. The fourth-order valence-electron chi connectivity index (χ4n) is 2.39. The molecule has 0 radical (unpaired) electrons. The summed E-state index contributed by atoms with van der Waals surface area (Å²) in [5.41, 5.74) is 1.02. The number of pyridine rings is 1. The molecule has 1 heterocycles. The van der Waals surface area contributed by atoms with Crippen molar-refractivity contribution in [3.05, 3.63) is 83.7 Å². The summed E-state index contributed by atoms with van der Waals surface area (Å²) in [5.74, 6) is -0.0678. The Morgan fingerprint density at radius 1 is 1.00 bits per heavy atom. The number of carbonyl (C=O) groups excluding carboxylic acids is 1. The maximum absolute atomic E-state index is 12.8. The van der Waals surface area contributed by atoms with Crippen molar-refractivity contribution in [3.8, 4) is 11.5 Å². The zero-order chi connectivity index (χ0) is 19.4. The van der Waals surface area contributed by atoms with Crippen molar-refractivity contribution in [2.75, 3.05) is 5.32 Å². The van der Waals surface area contributed by atoms with Crippen molar-refractivity contribution in [1.29, 1.82) is 0 Å². The zero-order valence-electron chi connectivity index (χ0n) is 14.2. The molecular formula is C20H15F3N2O2. The molecule has 0 fully saturated rings. The molecule has 0 aliphatic heterocycles. The van der Waals surface area contributed by atoms with Gasteiger partial charge in [0.2, 0.25) is 0 Å². The number of ether oxygens (including phenoxy) is 1. The Hall–Kier alpha value is -3.35. The minimum absolute atomic E-state index is 0.0491. The van der Waals surface area contributed by atoms with Gasteiger partial charge in [-0.1, -0.05) is 23.8 Å². The summed E-state index contributed by atoms with van der Waals surface area (Å²) in [4.78, 5) is 15.9. The van der Waals surface area contributed by atoms with Crippen LogP contribution in [0.3, 0.4) is 0 Å². The summed E-state index contributed by atoms with van der Waals surface area (Å²) in [5, 5.41) is 2.73. The van der Waals surface area contributed by atoms with E-state index in [1.165, 1.54) is 12.3 Å². The van der Waals surface area contributed by atoms with Gasteiger partial charge >= 0.3 is 6.18 Å². The van der Waals surface area contributed by atoms with Crippen LogP contribution in [0.5, 0.6) is 11.5 Å². The van der Waals surface area contributed by atoms with Crippen LogP contribution in [0.2, 0.25) is 0 Å². The van der Waals surface area contributed by atoms with Gasteiger partial charge in [0.15, 0.2) is 0 Å². The van der Waals surface area contributed by atoms with E-state index in [4.69, 9.17) is 4.74 Å². The van der Waals surface area contributed by atoms with E-state index >= 15 is 0 Å². The third kappa shape index (κ3) is 4.84. The lowest BCUT2D eigenvalue weighted by Gasteiger charge is -2.11. The molecule has 138 valence electrons. The Labute approximate surface area is 153 Å². The Balaban J connectivity index is 1.75. The fraction of sp³-hybridized carbons (Fsp3) is 0.100. The minimum Gasteiger partial charge on any atom is -0.456 e. The molecule has 3 aromatic rings. The SMILES string of the molecule is Cc1cccc(C(=O)Nc2cccc(Oc3cncc(C(F)(F)F)c3)c2)c1. The number of aromatic nitrogens is 1. The summed E-state index contributed by atoms with van der Waals surface area (Å²) in [7, 11) is 0. The maximum Gasteiger partial charge on any atom is 0.418 e. The summed E-state index contributed by atoms with van der Waals surface area (Å²) in [6.45, 7) is 1.88. The van der Waals surface area contributed by atoms with E-state index < -0.39 is 11.7 Å². The first kappa shape index (κ1) is 18.4. The van der Waals surface area contributed by atoms with Crippen LogP contribution in [0, 0.1) is 6.92 Å². The highest BCUT2D eigenvalue weighted by molar-refractivity contribution is 6.04. The second kappa shape index (κ2) is 7.49. The van der Waals surface area contributed by atoms with Crippen molar-refractivity contribution >= 4 is 11.6 Å². The monoisotopic (exact) mass is 372 g/mol. The van der Waals surface area contributed by atoms with E-state index in [1.807, 2.05) is 13.0 Å². The van der Waals surface area contributed by atoms with E-state index in [0.29, 0.717) is 11.3 Å². The first-order chi connectivity index (χ1) is 12.8. The van der Waals surface area contributed by atoms with Crippen LogP contribution in [0.1, 0.15) is 21.5 Å². The molecule has 7 heteroatoms. The largest absolute Gasteiger partial charge is 0.456 e. The number of amides is 1. The molecule has 0 unspecified atom stereocenters. The minimum atomic E-state index is -4.50. The number of hydrogen-bond acceptors (Lipinski definition) is 3. The van der Waals surface area contributed by atoms with Crippen LogP contribution >= 0.6 is 0 Å². The van der Waals surface area contributed by atoms with Gasteiger partial charge in [-0.05, 0) is 37.3 Å². The lowest BCUT2D eigenvalue weighted by Crippen LogP contribution is -2.11. The average molecular weight is 372 g/mol. The van der Waals surface area contributed by atoms with E-state index in [0.717, 1.165) is 17.8 Å². The van der Waals surface area contributed by atoms with E-state index in [1.54, 1.807) is 36.4 Å². The number of benzene rings is 2. The highest BCUT2D eigenvalue weighted by Crippen LogP contribution is 2.32. The molecule has 3 rings (SSSR count). The second-order valence-corrected chi connectivity index (χ2v) is 5.86. The number of alkyl halides is 3. The predicted octanol–water partition coefficient (Wildman–Crippen LogP) is 5.45. The molecule has 0 aliphatic carbocycles. The van der Waals surface area contributed by atoms with Gasteiger partial charge in [-0.2, -0.15) is 13.2 Å². The van der Waals surface area contributed by atoms with Gasteiger partial charge in [-0.3, -0.25) is 9.78 Å². The van der Waals surface area contributed by atoms with Gasteiger partial charge in [-0.15, -0.1) is 0 Å². The number of carbonyl (C=O) groups is 1. The third-order valence-electron chi connectivity index (χ3n) is 3.65. The molecule has 0 saturated carbocycles. The molecule has 0 saturated heterocycles. The van der Waals surface area contributed by atoms with Crippen LogP contribution in [-0.4, -0.2) is 10.9 Å². The first-order valence-electron chi connectivity index (χ1n) is 7.99. The lowest BCUT2D eigenvalue weighted by atomic mass is 10.1. The van der Waals surface area contributed by atoms with Crippen molar-refractivity contribution in [2.45, 2.75) is 13.1 Å². The lowest BCUT2D eigenvalue weighted by molar-refractivity contribution is -0.137. The summed E-state index contributed by atoms with van der Waals surface area (Å²) in [6.07, 6.45) is -2.59. The number of nitrogens with zero attached hydrogens (tertiary/aromatic N) is 1. The van der Waals surface area contributed by atoms with Gasteiger partial charge in [-0.25, -0.2) is 0 Å². The first-order valence-corrected chi connectivity index (χ1v) is 7.99. The molecule has 1 amide bonds. The molecule has 2 aromatic carbocycles. The zero-order valence-corrected chi connectivity index (χ0v) is 14.2. The molecular weight excluding hydrogens is 357 g/mol. The standard InChI is InChI=1S/C20H15F3N2O2/c1-13-4-2-5-14(8-13)19(26)25-16-6-3-7-17(10-16)27-18-9-15(11-24-12-18)20(21,22)23/h2-12H,1H3,(H,25,26). The summed E-state index contributed by atoms with van der Waals surface area (Å²) in [6, 6.07) is 14.4. The summed E-state index contributed by atoms with van der Waals surface area (Å²) >= 11 is 0. The molecule has 0 atom stereocenters. The quantitative estimate of drug-likeness (QED) is 0.662. The molecule has 0 bridgehead atoms. The fourth-order valence-corrected chi connectivity index (χ4v) is 2.39. The highest BCUT2D eigenvalue weighted by atomic mass is 19.4. The van der Waals surface area contributed by atoms with Gasteiger partial charge in [0.1, 0.15) is 11.5 Å². The Morgan fingerprint density at radius 2 is 1.78 bits per heavy atom. The van der Waals surface area contributed by atoms with Gasteiger partial charge in [0, 0.05) is 23.5 Å². The highest BCUT2D eigenvalue weighted by Gasteiger charge is 2.31. The number of aryl methyl sites for hydroxylation is 1. The normalized spacial score (nSPS) is 11.1. The van der Waals surface area contributed by atoms with Crippen LogP contribution < -0.4 is 10.1 Å². The van der Waals surface area contributed by atoms with E-state index in [2.05, 4.69) is 10.3 Å². The molecule has 1 aromatic heterocycles. The van der Waals surface area contributed by atoms with Crippen LogP contribution in [-0.2, 0) is 6.18 Å². The average Bonchev–Trinajstić information content (AvgIpc) is 2.61. The van der Waals surface area contributed by atoms with E-state index in [-0.39, 0.29) is 17.4 Å². The topological polar surface area (TPSA) is 51.2 Å². The summed E-state index contributed by atoms with van der Waals surface area (Å²) < 4.78 is 43.7. The predicted molar refractivity (Wildman–Crippen MR) is 94.9 cm³/mol. The number of halogens is 3. The van der Waals surface area contributed by atoms with E-state index in [9.17, 15) is 18.0 Å². The third-order valence-corrected chi connectivity index (χ3v) is 3.65. The molecule has 27 heavy (non-hydrogen) atoms. The van der Waals surface area contributed by atoms with Gasteiger partial charge in [0.25, 0.3) is 5.91 Å². The van der Waals surface area contributed by atoms with Crippen molar-refractivity contribution in [1.82, 2.24) is 4.98 Å². The van der Waals surface area contributed by atoms with Crippen molar-refractivity contribution in [2.24, 2.45) is 0 Å². The molecule has 1 N–H and O–H groups in total. The van der Waals surface area contributed by atoms with Crippen LogP contribution in [0.4, 0.5) is 18.9 Å². The molecule has 0 aliphatic rings. The van der Waals surface area contributed by atoms with Crippen molar-refractivity contribution in [3.63, 3.8) is 0 Å². The van der Waals surface area contributed by atoms with Crippen LogP contribution in [0.15, 0.2) is 67.0 Å². The Bertz CT molecular complexity index is 971. The molecule has 0 spiro atoms. The second-order valence-electron chi connectivity index (χ2n) is 5.86. The number of hydrogen-bond donors (Lipinski definition) is 1. The van der Waals surface area contributed by atoms with Gasteiger partial charge in [0.05, 0.1) is 11.8 Å². The van der Waals surface area contributed by atoms with Crippen LogP contribution in [0.25, 0.3) is 0 Å². The maximum atomic E-state index is 12.8. The smallest absolute Gasteiger partial charge is 0.418 e.